The first-order valence-corrected chi connectivity index (χ1v) is 9.80. The maximum atomic E-state index is 13.7. The number of nitrogens with zero attached hydrogens (tertiary/aromatic N) is 2. The minimum atomic E-state index is -0.480. The van der Waals surface area contributed by atoms with Crippen LogP contribution >= 0.6 is 27.3 Å². The van der Waals surface area contributed by atoms with Gasteiger partial charge in [-0.05, 0) is 64.9 Å². The van der Waals surface area contributed by atoms with Gasteiger partial charge in [0.25, 0.3) is 0 Å². The highest BCUT2D eigenvalue weighted by molar-refractivity contribution is 9.10. The molecule has 3 aromatic rings. The molecule has 26 heavy (non-hydrogen) atoms. The van der Waals surface area contributed by atoms with Gasteiger partial charge in [0, 0.05) is 14.7 Å². The van der Waals surface area contributed by atoms with Crippen LogP contribution in [0.15, 0.2) is 32.9 Å². The van der Waals surface area contributed by atoms with Gasteiger partial charge in [0.1, 0.15) is 5.82 Å². The zero-order valence-corrected chi connectivity index (χ0v) is 16.2. The Hall–Kier alpha value is -2.06. The van der Waals surface area contributed by atoms with Crippen molar-refractivity contribution in [3.8, 4) is 5.88 Å². The van der Waals surface area contributed by atoms with Crippen LogP contribution in [0.1, 0.15) is 33.5 Å². The fraction of sp³-hybridized carbons (Fsp3) is 0.278. The Morgan fingerprint density at radius 1 is 1.42 bits per heavy atom. The Bertz CT molecular complexity index is 1060. The molecule has 1 aromatic carbocycles. The molecular weight excluding hydrogens is 421 g/mol. The molecule has 1 atom stereocenters. The number of thiophene rings is 1. The first kappa shape index (κ1) is 17.4. The number of hydrogen-bond acceptors (Lipinski definition) is 4. The van der Waals surface area contributed by atoms with Crippen LogP contribution < -0.4 is 0 Å². The van der Waals surface area contributed by atoms with E-state index in [4.69, 9.17) is 0 Å². The van der Waals surface area contributed by atoms with E-state index in [1.54, 1.807) is 0 Å². The molecule has 0 saturated carbocycles. The third-order valence-electron chi connectivity index (χ3n) is 4.56. The van der Waals surface area contributed by atoms with Gasteiger partial charge in [0.15, 0.2) is 5.69 Å². The minimum Gasteiger partial charge on any atom is -0.493 e. The van der Waals surface area contributed by atoms with E-state index in [0.717, 1.165) is 19.3 Å². The number of aromatic hydroxyl groups is 1. The monoisotopic (exact) mass is 435 g/mol. The van der Waals surface area contributed by atoms with Crippen molar-refractivity contribution >= 4 is 49.8 Å². The van der Waals surface area contributed by atoms with Crippen molar-refractivity contribution in [2.24, 2.45) is 16.1 Å². The molecule has 1 aliphatic carbocycles. The Labute approximate surface area is 161 Å². The smallest absolute Gasteiger partial charge is 0.305 e. The van der Waals surface area contributed by atoms with Crippen LogP contribution in [0.2, 0.25) is 0 Å². The summed E-state index contributed by atoms with van der Waals surface area (Å²) in [6.45, 7) is 2.21. The fourth-order valence-corrected chi connectivity index (χ4v) is 4.87. The summed E-state index contributed by atoms with van der Waals surface area (Å²) in [4.78, 5) is 16.9. The molecule has 0 fully saturated rings. The Kier molecular flexibility index (Phi) is 4.40. The molecule has 0 bridgehead atoms. The first-order chi connectivity index (χ1) is 12.4. The zero-order valence-electron chi connectivity index (χ0n) is 13.8. The molecule has 2 N–H and O–H groups in total. The van der Waals surface area contributed by atoms with Crippen LogP contribution in [0.25, 0.3) is 10.9 Å². The van der Waals surface area contributed by atoms with Gasteiger partial charge in [-0.1, -0.05) is 6.92 Å². The van der Waals surface area contributed by atoms with E-state index in [2.05, 4.69) is 38.1 Å². The topological polar surface area (TPSA) is 77.8 Å². The second-order valence-electron chi connectivity index (χ2n) is 6.54. The molecule has 0 saturated heterocycles. The highest BCUT2D eigenvalue weighted by atomic mass is 79.9. The number of carbonyl (C=O) groups is 1. The molecule has 134 valence electrons. The van der Waals surface area contributed by atoms with Gasteiger partial charge in [-0.25, -0.2) is 4.39 Å². The predicted molar refractivity (Wildman–Crippen MR) is 102 cm³/mol. The Balaban J connectivity index is 1.65. The van der Waals surface area contributed by atoms with Crippen molar-refractivity contribution in [2.45, 2.75) is 26.2 Å². The molecule has 8 heteroatoms. The van der Waals surface area contributed by atoms with Gasteiger partial charge < -0.3 is 10.1 Å². The molecule has 5 nitrogen and oxygen atoms in total. The van der Waals surface area contributed by atoms with Crippen molar-refractivity contribution in [3.63, 3.8) is 0 Å². The van der Waals surface area contributed by atoms with Crippen molar-refractivity contribution in [1.82, 2.24) is 4.98 Å². The minimum absolute atomic E-state index is 0.0449. The van der Waals surface area contributed by atoms with Gasteiger partial charge in [-0.15, -0.1) is 21.6 Å². The lowest BCUT2D eigenvalue weighted by atomic mass is 9.90. The lowest BCUT2D eigenvalue weighted by Gasteiger charge is -2.16. The van der Waals surface area contributed by atoms with Crippen LogP contribution in [0, 0.1) is 11.7 Å². The number of azo groups is 1. The van der Waals surface area contributed by atoms with Crippen LogP contribution in [-0.2, 0) is 12.8 Å². The van der Waals surface area contributed by atoms with Crippen molar-refractivity contribution < 1.29 is 14.3 Å². The Morgan fingerprint density at radius 3 is 3.04 bits per heavy atom. The Morgan fingerprint density at radius 2 is 2.23 bits per heavy atom. The van der Waals surface area contributed by atoms with Crippen molar-refractivity contribution in [3.05, 3.63) is 43.8 Å². The van der Waals surface area contributed by atoms with Gasteiger partial charge in [0.2, 0.25) is 5.88 Å². The van der Waals surface area contributed by atoms with E-state index in [1.807, 2.05) is 6.07 Å². The highest BCUT2D eigenvalue weighted by Crippen LogP contribution is 2.39. The van der Waals surface area contributed by atoms with Crippen molar-refractivity contribution in [1.29, 1.82) is 0 Å². The van der Waals surface area contributed by atoms with Crippen LogP contribution in [0.5, 0.6) is 5.88 Å². The predicted octanol–water partition coefficient (Wildman–Crippen LogP) is 5.89. The number of halogens is 2. The lowest BCUT2D eigenvalue weighted by molar-refractivity contribution is 0.0999. The lowest BCUT2D eigenvalue weighted by Crippen LogP contribution is -2.08. The average Bonchev–Trinajstić information content (AvgIpc) is 3.13. The molecule has 0 spiro atoms. The standard InChI is InChI=1S/C18H15BrFN3O2S/c1-8-2-3-13-9(4-8)5-14(26-13)17(24)23-22-16-11-6-10(20)7-12(19)15(11)21-18(16)25/h5-8,21,25H,2-4H2,1H3/t8-/m1/s1. The molecule has 2 aromatic heterocycles. The first-order valence-electron chi connectivity index (χ1n) is 8.19. The van der Waals surface area contributed by atoms with E-state index in [-0.39, 0.29) is 11.6 Å². The number of hydrogen-bond donors (Lipinski definition) is 2. The second kappa shape index (κ2) is 6.59. The molecular formula is C18H15BrFN3O2S. The summed E-state index contributed by atoms with van der Waals surface area (Å²) in [5.74, 6) is -0.576. The molecule has 4 rings (SSSR count). The summed E-state index contributed by atoms with van der Waals surface area (Å²) in [7, 11) is 0. The third kappa shape index (κ3) is 3.07. The summed E-state index contributed by atoms with van der Waals surface area (Å²) < 4.78 is 14.1. The maximum absolute atomic E-state index is 13.7. The van der Waals surface area contributed by atoms with Gasteiger partial charge in [0.05, 0.1) is 10.4 Å². The number of aromatic nitrogens is 1. The number of nitrogens with one attached hydrogen (secondary N) is 1. The second-order valence-corrected chi connectivity index (χ2v) is 8.54. The molecule has 1 amide bonds. The van der Waals surface area contributed by atoms with E-state index in [0.29, 0.717) is 26.2 Å². The normalized spacial score (nSPS) is 17.1. The molecule has 0 aliphatic heterocycles. The summed E-state index contributed by atoms with van der Waals surface area (Å²) >= 11 is 4.68. The number of H-pyrrole nitrogens is 1. The zero-order chi connectivity index (χ0) is 18.4. The SMILES string of the molecule is C[C@@H]1CCc2sc(C(=O)N=Nc3c(O)[nH]c4c(Br)cc(F)cc34)cc2C1. The van der Waals surface area contributed by atoms with Crippen LogP contribution in [0.3, 0.4) is 0 Å². The number of rotatable bonds is 2. The summed E-state index contributed by atoms with van der Waals surface area (Å²) in [6.07, 6.45) is 3.10. The summed E-state index contributed by atoms with van der Waals surface area (Å²) in [5.41, 5.74) is 1.75. The van der Waals surface area contributed by atoms with E-state index < -0.39 is 11.7 Å². The number of carbonyl (C=O) groups excluding carboxylic acids is 1. The van der Waals surface area contributed by atoms with Crippen LogP contribution in [-0.4, -0.2) is 16.0 Å². The average molecular weight is 436 g/mol. The third-order valence-corrected chi connectivity index (χ3v) is 6.41. The molecule has 1 aliphatic rings. The molecule has 0 unspecified atom stereocenters. The van der Waals surface area contributed by atoms with Crippen molar-refractivity contribution in [2.75, 3.05) is 0 Å². The summed E-state index contributed by atoms with van der Waals surface area (Å²) in [6, 6.07) is 4.41. The van der Waals surface area contributed by atoms with E-state index in [1.165, 1.54) is 33.9 Å². The van der Waals surface area contributed by atoms with E-state index >= 15 is 0 Å². The quantitative estimate of drug-likeness (QED) is 0.492. The number of aromatic amines is 1. The summed E-state index contributed by atoms with van der Waals surface area (Å²) in [5, 5.41) is 18.0. The highest BCUT2D eigenvalue weighted by Gasteiger charge is 2.21. The number of aryl methyl sites for hydroxylation is 1. The van der Waals surface area contributed by atoms with Gasteiger partial charge in [-0.3, -0.25) is 4.79 Å². The fourth-order valence-electron chi connectivity index (χ4n) is 3.25. The van der Waals surface area contributed by atoms with Gasteiger partial charge >= 0.3 is 5.91 Å². The largest absolute Gasteiger partial charge is 0.493 e. The van der Waals surface area contributed by atoms with Gasteiger partial charge in [-0.2, -0.15) is 0 Å². The molecule has 0 radical (unpaired) electrons. The van der Waals surface area contributed by atoms with E-state index in [9.17, 15) is 14.3 Å². The number of amides is 1. The number of fused-ring (bicyclic) bond motifs is 2. The van der Waals surface area contributed by atoms with Crippen LogP contribution in [0.4, 0.5) is 10.1 Å². The number of benzene rings is 1. The molecule has 2 heterocycles. The maximum Gasteiger partial charge on any atom is 0.305 e.